The second-order valence-corrected chi connectivity index (χ2v) is 6.24. The highest BCUT2D eigenvalue weighted by Crippen LogP contribution is 2.30. The van der Waals surface area contributed by atoms with E-state index in [1.165, 1.54) is 0 Å². The molecule has 4 heteroatoms. The number of para-hydroxylation sites is 1. The molecule has 0 aromatic heterocycles. The first-order chi connectivity index (χ1) is 12.3. The summed E-state index contributed by atoms with van der Waals surface area (Å²) < 4.78 is 0. The van der Waals surface area contributed by atoms with Gasteiger partial charge < -0.3 is 15.5 Å². The van der Waals surface area contributed by atoms with E-state index in [9.17, 15) is 4.79 Å². The standard InChI is InChI=1S/C21H21N3O/c25-21(23-17-7-2-1-3-8-17)20-18-9-5-4-6-16(18)10-11-19(20)24-14-12-22-13-15-24/h1-11,22H,12-15H2,(H,23,25). The van der Waals surface area contributed by atoms with E-state index in [0.717, 1.165) is 53.9 Å². The van der Waals surface area contributed by atoms with Crippen LogP contribution in [0, 0.1) is 0 Å². The predicted octanol–water partition coefficient (Wildman–Crippen LogP) is 3.50. The van der Waals surface area contributed by atoms with Crippen LogP contribution in [-0.2, 0) is 0 Å². The fourth-order valence-corrected chi connectivity index (χ4v) is 3.38. The monoisotopic (exact) mass is 331 g/mol. The fraction of sp³-hybridized carbons (Fsp3) is 0.190. The van der Waals surface area contributed by atoms with E-state index in [4.69, 9.17) is 0 Å². The Morgan fingerprint density at radius 3 is 2.40 bits per heavy atom. The van der Waals surface area contributed by atoms with E-state index in [2.05, 4.69) is 33.7 Å². The average molecular weight is 331 g/mol. The third kappa shape index (κ3) is 3.21. The van der Waals surface area contributed by atoms with Gasteiger partial charge in [0.25, 0.3) is 5.91 Å². The molecule has 3 aromatic carbocycles. The molecule has 1 amide bonds. The lowest BCUT2D eigenvalue weighted by molar-refractivity contribution is 0.102. The van der Waals surface area contributed by atoms with Gasteiger partial charge in [-0.2, -0.15) is 0 Å². The maximum atomic E-state index is 13.1. The van der Waals surface area contributed by atoms with Gasteiger partial charge in [0.1, 0.15) is 0 Å². The van der Waals surface area contributed by atoms with Crippen molar-refractivity contribution in [3.63, 3.8) is 0 Å². The molecule has 2 N–H and O–H groups in total. The number of anilines is 2. The number of hydrogen-bond donors (Lipinski definition) is 2. The van der Waals surface area contributed by atoms with Gasteiger partial charge >= 0.3 is 0 Å². The molecule has 25 heavy (non-hydrogen) atoms. The molecular formula is C21H21N3O. The van der Waals surface area contributed by atoms with Crippen LogP contribution >= 0.6 is 0 Å². The van der Waals surface area contributed by atoms with E-state index >= 15 is 0 Å². The van der Waals surface area contributed by atoms with Gasteiger partial charge in [-0.15, -0.1) is 0 Å². The molecule has 3 aromatic rings. The number of fused-ring (bicyclic) bond motifs is 1. The van der Waals surface area contributed by atoms with Crippen molar-refractivity contribution in [2.24, 2.45) is 0 Å². The van der Waals surface area contributed by atoms with E-state index in [1.54, 1.807) is 0 Å². The number of carbonyl (C=O) groups is 1. The molecule has 1 fully saturated rings. The summed E-state index contributed by atoms with van der Waals surface area (Å²) in [4.78, 5) is 15.4. The highest BCUT2D eigenvalue weighted by Gasteiger charge is 2.21. The van der Waals surface area contributed by atoms with Crippen molar-refractivity contribution in [2.75, 3.05) is 36.4 Å². The summed E-state index contributed by atoms with van der Waals surface area (Å²) in [5.74, 6) is -0.0588. The van der Waals surface area contributed by atoms with Crippen LogP contribution in [0.3, 0.4) is 0 Å². The summed E-state index contributed by atoms with van der Waals surface area (Å²) in [5.41, 5.74) is 2.57. The topological polar surface area (TPSA) is 44.4 Å². The first-order valence-electron chi connectivity index (χ1n) is 8.67. The number of nitrogens with one attached hydrogen (secondary N) is 2. The average Bonchev–Trinajstić information content (AvgIpc) is 2.68. The van der Waals surface area contributed by atoms with Crippen LogP contribution in [0.4, 0.5) is 11.4 Å². The van der Waals surface area contributed by atoms with Crippen LogP contribution in [0.5, 0.6) is 0 Å². The maximum Gasteiger partial charge on any atom is 0.258 e. The Kier molecular flexibility index (Phi) is 4.36. The molecular weight excluding hydrogens is 310 g/mol. The minimum atomic E-state index is -0.0588. The molecule has 0 unspecified atom stereocenters. The Balaban J connectivity index is 1.79. The predicted molar refractivity (Wildman–Crippen MR) is 103 cm³/mol. The summed E-state index contributed by atoms with van der Waals surface area (Å²) >= 11 is 0. The van der Waals surface area contributed by atoms with Crippen molar-refractivity contribution >= 4 is 28.1 Å². The fourth-order valence-electron chi connectivity index (χ4n) is 3.38. The number of amides is 1. The van der Waals surface area contributed by atoms with Crippen LogP contribution in [0.2, 0.25) is 0 Å². The molecule has 0 spiro atoms. The molecule has 1 saturated heterocycles. The van der Waals surface area contributed by atoms with Gasteiger partial charge in [0, 0.05) is 31.9 Å². The number of piperazine rings is 1. The quantitative estimate of drug-likeness (QED) is 0.772. The molecule has 0 bridgehead atoms. The SMILES string of the molecule is O=C(Nc1ccccc1)c1c(N2CCNCC2)ccc2ccccc12. The van der Waals surface area contributed by atoms with Crippen molar-refractivity contribution in [1.29, 1.82) is 0 Å². The zero-order chi connectivity index (χ0) is 17.1. The molecule has 1 aliphatic rings. The minimum absolute atomic E-state index is 0.0588. The van der Waals surface area contributed by atoms with Gasteiger partial charge in [-0.1, -0.05) is 48.5 Å². The third-order valence-electron chi connectivity index (χ3n) is 4.62. The number of benzene rings is 3. The summed E-state index contributed by atoms with van der Waals surface area (Å²) in [6.07, 6.45) is 0. The molecule has 0 saturated carbocycles. The molecule has 0 radical (unpaired) electrons. The van der Waals surface area contributed by atoms with Gasteiger partial charge in [-0.05, 0) is 29.0 Å². The zero-order valence-corrected chi connectivity index (χ0v) is 14.0. The van der Waals surface area contributed by atoms with Crippen LogP contribution in [0.15, 0.2) is 66.7 Å². The van der Waals surface area contributed by atoms with Gasteiger partial charge in [0.05, 0.1) is 11.3 Å². The lowest BCUT2D eigenvalue weighted by Gasteiger charge is -2.31. The van der Waals surface area contributed by atoms with Gasteiger partial charge in [0.15, 0.2) is 0 Å². The minimum Gasteiger partial charge on any atom is -0.368 e. The molecule has 4 nitrogen and oxygen atoms in total. The lowest BCUT2D eigenvalue weighted by Crippen LogP contribution is -2.44. The van der Waals surface area contributed by atoms with Crippen LogP contribution in [0.1, 0.15) is 10.4 Å². The number of carbonyl (C=O) groups excluding carboxylic acids is 1. The van der Waals surface area contributed by atoms with Crippen molar-refractivity contribution in [1.82, 2.24) is 5.32 Å². The lowest BCUT2D eigenvalue weighted by atomic mass is 10.0. The summed E-state index contributed by atoms with van der Waals surface area (Å²) in [6.45, 7) is 3.69. The molecule has 1 aliphatic heterocycles. The highest BCUT2D eigenvalue weighted by atomic mass is 16.1. The van der Waals surface area contributed by atoms with E-state index in [1.807, 2.05) is 48.5 Å². The van der Waals surface area contributed by atoms with Crippen LogP contribution in [-0.4, -0.2) is 32.1 Å². The van der Waals surface area contributed by atoms with E-state index in [0.29, 0.717) is 0 Å². The molecule has 126 valence electrons. The van der Waals surface area contributed by atoms with Crippen molar-refractivity contribution < 1.29 is 4.79 Å². The Morgan fingerprint density at radius 2 is 1.60 bits per heavy atom. The van der Waals surface area contributed by atoms with E-state index in [-0.39, 0.29) is 5.91 Å². The highest BCUT2D eigenvalue weighted by molar-refractivity contribution is 6.17. The van der Waals surface area contributed by atoms with Gasteiger partial charge in [0.2, 0.25) is 0 Å². The molecule has 1 heterocycles. The van der Waals surface area contributed by atoms with Gasteiger partial charge in [-0.3, -0.25) is 4.79 Å². The molecule has 0 aliphatic carbocycles. The Labute approximate surface area is 147 Å². The zero-order valence-electron chi connectivity index (χ0n) is 14.0. The summed E-state index contributed by atoms with van der Waals surface area (Å²) in [7, 11) is 0. The molecule has 0 atom stereocenters. The number of rotatable bonds is 3. The third-order valence-corrected chi connectivity index (χ3v) is 4.62. The Hall–Kier alpha value is -2.85. The van der Waals surface area contributed by atoms with Crippen molar-refractivity contribution in [2.45, 2.75) is 0 Å². The number of nitrogens with zero attached hydrogens (tertiary/aromatic N) is 1. The Bertz CT molecular complexity index is 886. The van der Waals surface area contributed by atoms with Crippen LogP contribution in [0.25, 0.3) is 10.8 Å². The molecule has 4 rings (SSSR count). The first-order valence-corrected chi connectivity index (χ1v) is 8.67. The second-order valence-electron chi connectivity index (χ2n) is 6.24. The second kappa shape index (κ2) is 6.95. The Morgan fingerprint density at radius 1 is 0.880 bits per heavy atom. The van der Waals surface area contributed by atoms with Crippen LogP contribution < -0.4 is 15.5 Å². The summed E-state index contributed by atoms with van der Waals surface area (Å²) in [6, 6.07) is 21.9. The maximum absolute atomic E-state index is 13.1. The largest absolute Gasteiger partial charge is 0.368 e. The first kappa shape index (κ1) is 15.7. The van der Waals surface area contributed by atoms with Gasteiger partial charge in [-0.25, -0.2) is 0 Å². The van der Waals surface area contributed by atoms with Crippen molar-refractivity contribution in [3.05, 3.63) is 72.3 Å². The normalized spacial score (nSPS) is 14.5. The number of hydrogen-bond acceptors (Lipinski definition) is 3. The van der Waals surface area contributed by atoms with Crippen molar-refractivity contribution in [3.8, 4) is 0 Å². The summed E-state index contributed by atoms with van der Waals surface area (Å²) in [5, 5.41) is 8.49. The smallest absolute Gasteiger partial charge is 0.258 e. The van der Waals surface area contributed by atoms with E-state index < -0.39 is 0 Å².